The van der Waals surface area contributed by atoms with Gasteiger partial charge < -0.3 is 5.32 Å². The van der Waals surface area contributed by atoms with Crippen molar-refractivity contribution in [3.8, 4) is 0 Å². The van der Waals surface area contributed by atoms with Crippen LogP contribution in [0.2, 0.25) is 0 Å². The van der Waals surface area contributed by atoms with Crippen LogP contribution in [-0.4, -0.2) is 36.1 Å². The molecule has 1 aromatic heterocycles. The van der Waals surface area contributed by atoms with Crippen molar-refractivity contribution in [2.24, 2.45) is 0 Å². The lowest BCUT2D eigenvalue weighted by atomic mass is 9.97. The molecule has 2 heterocycles. The molecule has 0 spiro atoms. The number of rotatable bonds is 3. The Hall–Kier alpha value is -1.78. The summed E-state index contributed by atoms with van der Waals surface area (Å²) in [6.07, 6.45) is 1.83. The molecule has 110 valence electrons. The number of nitrogens with zero attached hydrogens (tertiary/aromatic N) is 2. The Morgan fingerprint density at radius 3 is 2.52 bits per heavy atom. The zero-order chi connectivity index (χ0) is 14.7. The lowest BCUT2D eigenvalue weighted by molar-refractivity contribution is 0.195. The van der Waals surface area contributed by atoms with Gasteiger partial charge in [-0.3, -0.25) is 9.88 Å². The molecule has 1 fully saturated rings. The van der Waals surface area contributed by atoms with E-state index in [-0.39, 0.29) is 11.9 Å². The second-order valence-corrected chi connectivity index (χ2v) is 5.45. The first kappa shape index (κ1) is 14.2. The average molecular weight is 285 g/mol. The summed E-state index contributed by atoms with van der Waals surface area (Å²) in [6, 6.07) is 10.9. The van der Waals surface area contributed by atoms with Gasteiger partial charge in [0.2, 0.25) is 0 Å². The molecular weight excluding hydrogens is 265 g/mol. The van der Waals surface area contributed by atoms with Crippen molar-refractivity contribution in [1.29, 1.82) is 0 Å². The summed E-state index contributed by atoms with van der Waals surface area (Å²) in [4.78, 5) is 7.01. The molecule has 0 saturated carbocycles. The first-order valence-electron chi connectivity index (χ1n) is 7.37. The Labute approximate surface area is 124 Å². The van der Waals surface area contributed by atoms with E-state index in [4.69, 9.17) is 0 Å². The maximum atomic E-state index is 13.2. The van der Waals surface area contributed by atoms with Crippen molar-refractivity contribution in [3.05, 3.63) is 65.2 Å². The Morgan fingerprint density at radius 1 is 1.14 bits per heavy atom. The summed E-state index contributed by atoms with van der Waals surface area (Å²) in [6.45, 7) is 5.98. The molecule has 0 amide bonds. The molecule has 3 rings (SSSR count). The minimum atomic E-state index is -0.199. The van der Waals surface area contributed by atoms with E-state index in [0.29, 0.717) is 0 Å². The van der Waals surface area contributed by atoms with Crippen molar-refractivity contribution in [1.82, 2.24) is 15.2 Å². The Kier molecular flexibility index (Phi) is 4.27. The van der Waals surface area contributed by atoms with E-state index in [2.05, 4.69) is 28.2 Å². The largest absolute Gasteiger partial charge is 0.314 e. The molecule has 3 nitrogen and oxygen atoms in total. The SMILES string of the molecule is Cc1cccnc1C(c1ccc(F)cc1)N1CCNCC1. The van der Waals surface area contributed by atoms with Gasteiger partial charge in [-0.1, -0.05) is 18.2 Å². The molecule has 4 heteroatoms. The second kappa shape index (κ2) is 6.33. The fourth-order valence-electron chi connectivity index (χ4n) is 2.91. The molecule has 1 unspecified atom stereocenters. The predicted molar refractivity (Wildman–Crippen MR) is 81.7 cm³/mol. The Bertz CT molecular complexity index is 591. The van der Waals surface area contributed by atoms with Gasteiger partial charge in [-0.05, 0) is 36.2 Å². The molecule has 1 N–H and O–H groups in total. The van der Waals surface area contributed by atoms with Crippen LogP contribution in [0.1, 0.15) is 22.9 Å². The van der Waals surface area contributed by atoms with Crippen molar-refractivity contribution in [2.75, 3.05) is 26.2 Å². The summed E-state index contributed by atoms with van der Waals surface area (Å²) < 4.78 is 13.2. The van der Waals surface area contributed by atoms with Gasteiger partial charge in [0.25, 0.3) is 0 Å². The molecule has 1 aromatic carbocycles. The molecule has 1 saturated heterocycles. The van der Waals surface area contributed by atoms with Crippen LogP contribution in [0, 0.1) is 12.7 Å². The van der Waals surface area contributed by atoms with Crippen LogP contribution in [0.3, 0.4) is 0 Å². The second-order valence-electron chi connectivity index (χ2n) is 5.45. The molecule has 0 bridgehead atoms. The smallest absolute Gasteiger partial charge is 0.123 e. The van der Waals surface area contributed by atoms with E-state index in [1.54, 1.807) is 0 Å². The highest BCUT2D eigenvalue weighted by Gasteiger charge is 2.26. The van der Waals surface area contributed by atoms with Crippen LogP contribution >= 0.6 is 0 Å². The van der Waals surface area contributed by atoms with Crippen LogP contribution in [0.5, 0.6) is 0 Å². The normalized spacial score (nSPS) is 17.6. The molecular formula is C17H20FN3. The van der Waals surface area contributed by atoms with E-state index in [0.717, 1.165) is 37.4 Å². The summed E-state index contributed by atoms with van der Waals surface area (Å²) in [7, 11) is 0. The topological polar surface area (TPSA) is 28.2 Å². The highest BCUT2D eigenvalue weighted by molar-refractivity contribution is 5.32. The zero-order valence-electron chi connectivity index (χ0n) is 12.2. The molecule has 0 radical (unpaired) electrons. The molecule has 21 heavy (non-hydrogen) atoms. The van der Waals surface area contributed by atoms with Crippen LogP contribution in [0.4, 0.5) is 4.39 Å². The third-order valence-corrected chi connectivity index (χ3v) is 4.01. The summed E-state index contributed by atoms with van der Waals surface area (Å²) in [5.74, 6) is -0.199. The predicted octanol–water partition coefficient (Wildman–Crippen LogP) is 2.52. The third-order valence-electron chi connectivity index (χ3n) is 4.01. The van der Waals surface area contributed by atoms with E-state index in [9.17, 15) is 4.39 Å². The van der Waals surface area contributed by atoms with Gasteiger partial charge in [-0.25, -0.2) is 4.39 Å². The summed E-state index contributed by atoms with van der Waals surface area (Å²) in [5.41, 5.74) is 3.33. The molecule has 0 aliphatic carbocycles. The number of hydrogen-bond acceptors (Lipinski definition) is 3. The third kappa shape index (κ3) is 3.12. The van der Waals surface area contributed by atoms with E-state index < -0.39 is 0 Å². The highest BCUT2D eigenvalue weighted by Crippen LogP contribution is 2.29. The van der Waals surface area contributed by atoms with Crippen LogP contribution < -0.4 is 5.32 Å². The fraction of sp³-hybridized carbons (Fsp3) is 0.353. The van der Waals surface area contributed by atoms with Crippen LogP contribution in [-0.2, 0) is 0 Å². The Morgan fingerprint density at radius 2 is 1.86 bits per heavy atom. The maximum Gasteiger partial charge on any atom is 0.123 e. The van der Waals surface area contributed by atoms with Crippen molar-refractivity contribution in [2.45, 2.75) is 13.0 Å². The molecule has 2 aromatic rings. The van der Waals surface area contributed by atoms with E-state index in [1.165, 1.54) is 17.7 Å². The molecule has 1 aliphatic rings. The zero-order valence-corrected chi connectivity index (χ0v) is 12.2. The summed E-state index contributed by atoms with van der Waals surface area (Å²) in [5, 5.41) is 3.37. The number of hydrogen-bond donors (Lipinski definition) is 1. The van der Waals surface area contributed by atoms with Crippen LogP contribution in [0.25, 0.3) is 0 Å². The minimum absolute atomic E-state index is 0.0916. The average Bonchev–Trinajstić information content (AvgIpc) is 2.52. The molecule has 1 atom stereocenters. The van der Waals surface area contributed by atoms with E-state index >= 15 is 0 Å². The standard InChI is InChI=1S/C17H20FN3/c1-13-3-2-8-20-16(13)17(21-11-9-19-10-12-21)14-4-6-15(18)7-5-14/h2-8,17,19H,9-12H2,1H3. The van der Waals surface area contributed by atoms with Crippen molar-refractivity contribution >= 4 is 0 Å². The first-order chi connectivity index (χ1) is 10.3. The first-order valence-corrected chi connectivity index (χ1v) is 7.37. The van der Waals surface area contributed by atoms with Gasteiger partial charge in [0.15, 0.2) is 0 Å². The number of pyridine rings is 1. The number of aromatic nitrogens is 1. The Balaban J connectivity index is 2.01. The van der Waals surface area contributed by atoms with Gasteiger partial charge in [0.1, 0.15) is 5.82 Å². The van der Waals surface area contributed by atoms with Gasteiger partial charge >= 0.3 is 0 Å². The monoisotopic (exact) mass is 285 g/mol. The van der Waals surface area contributed by atoms with Gasteiger partial charge in [-0.15, -0.1) is 0 Å². The molecule has 1 aliphatic heterocycles. The van der Waals surface area contributed by atoms with Crippen LogP contribution in [0.15, 0.2) is 42.6 Å². The fourth-order valence-corrected chi connectivity index (χ4v) is 2.91. The lowest BCUT2D eigenvalue weighted by Gasteiger charge is -2.35. The minimum Gasteiger partial charge on any atom is -0.314 e. The number of aryl methyl sites for hydroxylation is 1. The number of piperazine rings is 1. The lowest BCUT2D eigenvalue weighted by Crippen LogP contribution is -2.45. The van der Waals surface area contributed by atoms with Gasteiger partial charge in [0, 0.05) is 32.4 Å². The number of nitrogens with one attached hydrogen (secondary N) is 1. The number of halogens is 1. The number of benzene rings is 1. The van der Waals surface area contributed by atoms with Crippen molar-refractivity contribution < 1.29 is 4.39 Å². The summed E-state index contributed by atoms with van der Waals surface area (Å²) >= 11 is 0. The van der Waals surface area contributed by atoms with Gasteiger partial charge in [0.05, 0.1) is 11.7 Å². The van der Waals surface area contributed by atoms with Gasteiger partial charge in [-0.2, -0.15) is 0 Å². The highest BCUT2D eigenvalue weighted by atomic mass is 19.1. The quantitative estimate of drug-likeness (QED) is 0.939. The van der Waals surface area contributed by atoms with E-state index in [1.807, 2.05) is 24.4 Å². The van der Waals surface area contributed by atoms with Crippen molar-refractivity contribution in [3.63, 3.8) is 0 Å². The maximum absolute atomic E-state index is 13.2.